The van der Waals surface area contributed by atoms with Gasteiger partial charge in [0.25, 0.3) is 0 Å². The smallest absolute Gasteiger partial charge is 0.133 e. The Balaban J connectivity index is 2.02. The van der Waals surface area contributed by atoms with Crippen molar-refractivity contribution in [2.45, 2.75) is 12.2 Å². The molecule has 0 atom stereocenters. The Morgan fingerprint density at radius 2 is 2.16 bits per heavy atom. The number of methoxy groups -OCH3 is 1. The lowest BCUT2D eigenvalue weighted by molar-refractivity contribution is 0.414. The van der Waals surface area contributed by atoms with Gasteiger partial charge in [0.05, 0.1) is 18.5 Å². The number of hydrogen-bond donors (Lipinski definition) is 1. The minimum absolute atomic E-state index is 0.866. The lowest BCUT2D eigenvalue weighted by atomic mass is 10.2. The van der Waals surface area contributed by atoms with Crippen molar-refractivity contribution in [3.8, 4) is 11.4 Å². The Bertz CT molecular complexity index is 577. The van der Waals surface area contributed by atoms with Crippen molar-refractivity contribution in [3.63, 3.8) is 0 Å². The Hall–Kier alpha value is -1.62. The Labute approximate surface area is 117 Å². The standard InChI is InChI=1S/C14H17N3OS/c1-18-11-5-3-10(4-6-11)17-14-12(7-8-15-14)13(16-17)9-19-2/h3-6,15H,7-9H2,1-2H3. The highest BCUT2D eigenvalue weighted by atomic mass is 32.2. The Morgan fingerprint density at radius 1 is 1.37 bits per heavy atom. The first kappa shape index (κ1) is 12.4. The van der Waals surface area contributed by atoms with Gasteiger partial charge in [-0.2, -0.15) is 16.9 Å². The first-order valence-electron chi connectivity index (χ1n) is 6.31. The zero-order chi connectivity index (χ0) is 13.2. The van der Waals surface area contributed by atoms with E-state index in [2.05, 4.69) is 11.6 Å². The molecule has 1 aliphatic heterocycles. The van der Waals surface area contributed by atoms with Crippen molar-refractivity contribution < 1.29 is 4.74 Å². The molecule has 1 N–H and O–H groups in total. The number of ether oxygens (including phenoxy) is 1. The van der Waals surface area contributed by atoms with Crippen LogP contribution in [0.1, 0.15) is 11.3 Å². The van der Waals surface area contributed by atoms with Crippen LogP contribution in [-0.4, -0.2) is 29.7 Å². The molecule has 1 aromatic heterocycles. The van der Waals surface area contributed by atoms with Crippen molar-refractivity contribution >= 4 is 17.6 Å². The van der Waals surface area contributed by atoms with Crippen LogP contribution in [0, 0.1) is 0 Å². The Kier molecular flexibility index (Phi) is 3.38. The predicted octanol–water partition coefficient (Wildman–Crippen LogP) is 2.71. The highest BCUT2D eigenvalue weighted by Crippen LogP contribution is 2.30. The number of nitrogens with one attached hydrogen (secondary N) is 1. The monoisotopic (exact) mass is 275 g/mol. The number of anilines is 1. The molecule has 0 radical (unpaired) electrons. The van der Waals surface area contributed by atoms with E-state index < -0.39 is 0 Å². The van der Waals surface area contributed by atoms with E-state index in [-0.39, 0.29) is 0 Å². The molecule has 0 saturated carbocycles. The molecule has 0 fully saturated rings. The lowest BCUT2D eigenvalue weighted by Crippen LogP contribution is -2.04. The minimum atomic E-state index is 0.866. The fourth-order valence-corrected chi connectivity index (χ4v) is 2.91. The maximum Gasteiger partial charge on any atom is 0.133 e. The number of nitrogens with zero attached hydrogens (tertiary/aromatic N) is 2. The van der Waals surface area contributed by atoms with E-state index in [1.807, 2.05) is 40.7 Å². The summed E-state index contributed by atoms with van der Waals surface area (Å²) >= 11 is 1.81. The molecule has 1 aromatic carbocycles. The van der Waals surface area contributed by atoms with Crippen LogP contribution in [0.3, 0.4) is 0 Å². The summed E-state index contributed by atoms with van der Waals surface area (Å²) in [5.41, 5.74) is 3.63. The quantitative estimate of drug-likeness (QED) is 0.931. The predicted molar refractivity (Wildman–Crippen MR) is 79.5 cm³/mol. The average molecular weight is 275 g/mol. The maximum atomic E-state index is 5.19. The zero-order valence-electron chi connectivity index (χ0n) is 11.1. The van der Waals surface area contributed by atoms with Crippen molar-refractivity contribution in [1.82, 2.24) is 9.78 Å². The summed E-state index contributed by atoms with van der Waals surface area (Å²) in [7, 11) is 1.68. The van der Waals surface area contributed by atoms with E-state index in [1.165, 1.54) is 11.3 Å². The molecule has 0 unspecified atom stereocenters. The van der Waals surface area contributed by atoms with Crippen molar-refractivity contribution in [3.05, 3.63) is 35.5 Å². The maximum absolute atomic E-state index is 5.19. The van der Waals surface area contributed by atoms with Crippen LogP contribution in [0.15, 0.2) is 24.3 Å². The van der Waals surface area contributed by atoms with Gasteiger partial charge >= 0.3 is 0 Å². The van der Waals surface area contributed by atoms with Gasteiger partial charge in [0.1, 0.15) is 11.6 Å². The molecule has 5 heteroatoms. The Morgan fingerprint density at radius 3 is 2.84 bits per heavy atom. The van der Waals surface area contributed by atoms with Crippen LogP contribution in [0.5, 0.6) is 5.75 Å². The summed E-state index contributed by atoms with van der Waals surface area (Å²) in [6.07, 6.45) is 3.18. The van der Waals surface area contributed by atoms with Gasteiger partial charge in [0.15, 0.2) is 0 Å². The zero-order valence-corrected chi connectivity index (χ0v) is 12.0. The molecule has 19 heavy (non-hydrogen) atoms. The van der Waals surface area contributed by atoms with Gasteiger partial charge in [0, 0.05) is 17.9 Å². The van der Waals surface area contributed by atoms with Gasteiger partial charge in [-0.1, -0.05) is 0 Å². The number of aromatic nitrogens is 2. The van der Waals surface area contributed by atoms with Gasteiger partial charge in [-0.3, -0.25) is 0 Å². The number of hydrogen-bond acceptors (Lipinski definition) is 4. The van der Waals surface area contributed by atoms with Gasteiger partial charge in [0.2, 0.25) is 0 Å². The van der Waals surface area contributed by atoms with E-state index in [1.54, 1.807) is 7.11 Å². The van der Waals surface area contributed by atoms with Crippen LogP contribution in [-0.2, 0) is 12.2 Å². The summed E-state index contributed by atoms with van der Waals surface area (Å²) in [6, 6.07) is 8.00. The molecule has 0 saturated heterocycles. The van der Waals surface area contributed by atoms with E-state index in [0.29, 0.717) is 0 Å². The number of thioether (sulfide) groups is 1. The highest BCUT2D eigenvalue weighted by Gasteiger charge is 2.22. The fourth-order valence-electron chi connectivity index (χ4n) is 2.41. The third kappa shape index (κ3) is 2.18. The largest absolute Gasteiger partial charge is 0.497 e. The van der Waals surface area contributed by atoms with Crippen LogP contribution >= 0.6 is 11.8 Å². The topological polar surface area (TPSA) is 39.1 Å². The molecule has 2 aromatic rings. The van der Waals surface area contributed by atoms with Gasteiger partial charge in [-0.15, -0.1) is 0 Å². The second kappa shape index (κ2) is 5.17. The molecule has 0 bridgehead atoms. The third-order valence-corrected chi connectivity index (χ3v) is 3.89. The van der Waals surface area contributed by atoms with Gasteiger partial charge < -0.3 is 10.1 Å². The molecular formula is C14H17N3OS. The van der Waals surface area contributed by atoms with E-state index in [4.69, 9.17) is 9.84 Å². The van der Waals surface area contributed by atoms with Crippen LogP contribution in [0.25, 0.3) is 5.69 Å². The molecule has 3 rings (SSSR count). The summed E-state index contributed by atoms with van der Waals surface area (Å²) in [4.78, 5) is 0. The second-order valence-corrected chi connectivity index (χ2v) is 5.36. The van der Waals surface area contributed by atoms with Crippen molar-refractivity contribution in [2.75, 3.05) is 25.2 Å². The van der Waals surface area contributed by atoms with E-state index in [0.717, 1.165) is 36.0 Å². The lowest BCUT2D eigenvalue weighted by Gasteiger charge is -2.07. The SMILES string of the molecule is COc1ccc(-n2nc(CSC)c3c2NCC3)cc1. The normalized spacial score (nSPS) is 13.2. The molecule has 0 aliphatic carbocycles. The summed E-state index contributed by atoms with van der Waals surface area (Å²) in [5, 5.41) is 8.17. The minimum Gasteiger partial charge on any atom is -0.497 e. The number of fused-ring (bicyclic) bond motifs is 1. The number of rotatable bonds is 4. The highest BCUT2D eigenvalue weighted by molar-refractivity contribution is 7.97. The molecular weight excluding hydrogens is 258 g/mol. The van der Waals surface area contributed by atoms with Crippen molar-refractivity contribution in [1.29, 1.82) is 0 Å². The van der Waals surface area contributed by atoms with Gasteiger partial charge in [-0.25, -0.2) is 4.68 Å². The van der Waals surface area contributed by atoms with Gasteiger partial charge in [-0.05, 0) is 36.9 Å². The van der Waals surface area contributed by atoms with E-state index >= 15 is 0 Å². The number of benzene rings is 1. The molecule has 100 valence electrons. The summed E-state index contributed by atoms with van der Waals surface area (Å²) in [6.45, 7) is 1.00. The average Bonchev–Trinajstić information content (AvgIpc) is 3.03. The molecule has 1 aliphatic rings. The first-order chi connectivity index (χ1) is 9.33. The summed E-state index contributed by atoms with van der Waals surface area (Å²) in [5.74, 6) is 2.98. The van der Waals surface area contributed by atoms with E-state index in [9.17, 15) is 0 Å². The molecule has 0 spiro atoms. The second-order valence-electron chi connectivity index (χ2n) is 4.49. The summed E-state index contributed by atoms with van der Waals surface area (Å²) < 4.78 is 7.20. The van der Waals surface area contributed by atoms with Crippen LogP contribution in [0.2, 0.25) is 0 Å². The molecule has 2 heterocycles. The molecule has 0 amide bonds. The third-order valence-electron chi connectivity index (χ3n) is 3.33. The van der Waals surface area contributed by atoms with Crippen LogP contribution < -0.4 is 10.1 Å². The fraction of sp³-hybridized carbons (Fsp3) is 0.357. The molecule has 4 nitrogen and oxygen atoms in total. The van der Waals surface area contributed by atoms with Crippen molar-refractivity contribution in [2.24, 2.45) is 0 Å². The van der Waals surface area contributed by atoms with Crippen LogP contribution in [0.4, 0.5) is 5.82 Å². The first-order valence-corrected chi connectivity index (χ1v) is 7.71.